The lowest BCUT2D eigenvalue weighted by Gasteiger charge is -2.37. The van der Waals surface area contributed by atoms with Crippen LogP contribution in [-0.2, 0) is 19.0 Å². The van der Waals surface area contributed by atoms with E-state index in [0.717, 1.165) is 19.3 Å². The van der Waals surface area contributed by atoms with Crippen LogP contribution in [0.4, 0.5) is 8.78 Å². The largest absolute Gasteiger partial charge is 0.469 e. The summed E-state index contributed by atoms with van der Waals surface area (Å²) in [5.41, 5.74) is 0. The van der Waals surface area contributed by atoms with Crippen LogP contribution in [0.15, 0.2) is 12.2 Å². The van der Waals surface area contributed by atoms with Gasteiger partial charge >= 0.3 is 11.9 Å². The van der Waals surface area contributed by atoms with E-state index in [1.54, 1.807) is 0 Å². The molecule has 4 atom stereocenters. The van der Waals surface area contributed by atoms with Gasteiger partial charge in [0, 0.05) is 19.3 Å². The summed E-state index contributed by atoms with van der Waals surface area (Å²) in [6, 6.07) is 0. The normalized spacial score (nSPS) is 27.5. The number of hydrogen-bond acceptors (Lipinski definition) is 6. The van der Waals surface area contributed by atoms with Gasteiger partial charge < -0.3 is 24.4 Å². The Bertz CT molecular complexity index is 606. The van der Waals surface area contributed by atoms with Gasteiger partial charge in [0.1, 0.15) is 0 Å². The second-order valence-electron chi connectivity index (χ2n) is 9.38. The predicted octanol–water partition coefficient (Wildman–Crippen LogP) is 4.76. The van der Waals surface area contributed by atoms with Crippen molar-refractivity contribution in [3.05, 3.63) is 12.2 Å². The molecule has 1 saturated carbocycles. The summed E-state index contributed by atoms with van der Waals surface area (Å²) in [6.45, 7) is 2.31. The first-order valence-electron chi connectivity index (χ1n) is 12.5. The van der Waals surface area contributed by atoms with E-state index < -0.39 is 23.9 Å². The van der Waals surface area contributed by atoms with Crippen LogP contribution in [0.5, 0.6) is 0 Å². The first-order valence-corrected chi connectivity index (χ1v) is 12.5. The fourth-order valence-electron chi connectivity index (χ4n) is 5.06. The molecular weight excluding hydrogens is 434 g/mol. The molecule has 0 aromatic carbocycles. The van der Waals surface area contributed by atoms with Crippen molar-refractivity contribution in [3.63, 3.8) is 0 Å². The van der Waals surface area contributed by atoms with Crippen molar-refractivity contribution in [2.45, 2.75) is 108 Å². The molecule has 0 bridgehead atoms. The molecule has 8 heteroatoms. The number of carbonyl (C=O) groups excluding carboxylic acids is 1. The molecule has 4 unspecified atom stereocenters. The van der Waals surface area contributed by atoms with Crippen LogP contribution < -0.4 is 0 Å². The van der Waals surface area contributed by atoms with Gasteiger partial charge in [-0.25, -0.2) is 8.78 Å². The van der Waals surface area contributed by atoms with Gasteiger partial charge in [0.2, 0.25) is 5.79 Å². The average Bonchev–Trinajstić information content (AvgIpc) is 3.37. The van der Waals surface area contributed by atoms with Crippen molar-refractivity contribution in [1.29, 1.82) is 0 Å². The number of alkyl halides is 2. The monoisotopic (exact) mass is 476 g/mol. The number of ether oxygens (including phenoxy) is 3. The van der Waals surface area contributed by atoms with E-state index in [9.17, 15) is 15.0 Å². The Morgan fingerprint density at radius 1 is 1.09 bits per heavy atom. The van der Waals surface area contributed by atoms with Gasteiger partial charge in [0.15, 0.2) is 0 Å². The first kappa shape index (κ1) is 28.1. The quantitative estimate of drug-likeness (QED) is 0.201. The topological polar surface area (TPSA) is 85.2 Å². The molecule has 192 valence electrons. The van der Waals surface area contributed by atoms with E-state index in [4.69, 9.17) is 9.47 Å². The maximum Gasteiger partial charge on any atom is 0.305 e. The summed E-state index contributed by atoms with van der Waals surface area (Å²) in [7, 11) is 1.36. The molecular formula is C25H42F2O6. The maximum atomic E-state index is 15.2. The van der Waals surface area contributed by atoms with Crippen LogP contribution in [0, 0.1) is 11.8 Å². The SMILES string of the molecule is CCCCCCC(F)(F)C1(CCC2C(O)CC(O)C2C/C=C/CCCC(=O)OC)OCCO1. The number of carbonyl (C=O) groups is 1. The van der Waals surface area contributed by atoms with Gasteiger partial charge in [0.25, 0.3) is 0 Å². The zero-order valence-corrected chi connectivity index (χ0v) is 20.1. The minimum atomic E-state index is -3.10. The van der Waals surface area contributed by atoms with Crippen molar-refractivity contribution in [3.8, 4) is 0 Å². The standard InChI is InChI=1S/C25H42F2O6/c1-3-4-5-10-14-24(26,27)25(32-16-17-33-25)15-13-20-19(21(28)18-22(20)29)11-8-6-7-9-12-23(30)31-2/h6,8,19-22,28-29H,3-5,7,9-18H2,1-2H3/b8-6+. The molecule has 0 amide bonds. The second kappa shape index (κ2) is 13.7. The third-order valence-electron chi connectivity index (χ3n) is 7.04. The van der Waals surface area contributed by atoms with Crippen LogP contribution in [0.3, 0.4) is 0 Å². The number of rotatable bonds is 15. The van der Waals surface area contributed by atoms with Gasteiger partial charge in [-0.15, -0.1) is 0 Å². The van der Waals surface area contributed by atoms with Crippen LogP contribution in [0.25, 0.3) is 0 Å². The average molecular weight is 477 g/mol. The lowest BCUT2D eigenvalue weighted by molar-refractivity contribution is -0.297. The molecule has 33 heavy (non-hydrogen) atoms. The third-order valence-corrected chi connectivity index (χ3v) is 7.04. The Kier molecular flexibility index (Phi) is 11.7. The highest BCUT2D eigenvalue weighted by molar-refractivity contribution is 5.69. The first-order chi connectivity index (χ1) is 15.8. The summed E-state index contributed by atoms with van der Waals surface area (Å²) < 4.78 is 45.9. The van der Waals surface area contributed by atoms with E-state index in [1.807, 2.05) is 19.1 Å². The van der Waals surface area contributed by atoms with Crippen molar-refractivity contribution in [2.24, 2.45) is 11.8 Å². The van der Waals surface area contributed by atoms with Crippen molar-refractivity contribution >= 4 is 5.97 Å². The molecule has 0 aromatic heterocycles. The number of aliphatic hydroxyl groups excluding tert-OH is 2. The van der Waals surface area contributed by atoms with Gasteiger partial charge in [0.05, 0.1) is 32.5 Å². The van der Waals surface area contributed by atoms with E-state index in [2.05, 4.69) is 4.74 Å². The molecule has 1 aliphatic heterocycles. The molecule has 2 N–H and O–H groups in total. The zero-order chi connectivity index (χ0) is 24.3. The smallest absolute Gasteiger partial charge is 0.305 e. The Hall–Kier alpha value is -1.09. The van der Waals surface area contributed by atoms with E-state index in [0.29, 0.717) is 38.5 Å². The molecule has 1 saturated heterocycles. The fourth-order valence-corrected chi connectivity index (χ4v) is 5.06. The molecule has 2 aliphatic rings. The molecule has 2 rings (SSSR count). The minimum absolute atomic E-state index is 0.0123. The second-order valence-corrected chi connectivity index (χ2v) is 9.38. The van der Waals surface area contributed by atoms with Crippen LogP contribution in [0.2, 0.25) is 0 Å². The van der Waals surface area contributed by atoms with Crippen molar-refractivity contribution < 1.29 is 38.0 Å². The van der Waals surface area contributed by atoms with Gasteiger partial charge in [-0.05, 0) is 50.4 Å². The summed E-state index contributed by atoms with van der Waals surface area (Å²) in [6.07, 6.45) is 8.08. The third kappa shape index (κ3) is 7.98. The Balaban J connectivity index is 1.92. The van der Waals surface area contributed by atoms with Crippen LogP contribution in [-0.4, -0.2) is 60.4 Å². The van der Waals surface area contributed by atoms with Crippen LogP contribution in [0.1, 0.15) is 84.0 Å². The van der Waals surface area contributed by atoms with Gasteiger partial charge in [-0.2, -0.15) is 0 Å². The summed E-state index contributed by atoms with van der Waals surface area (Å²) in [5.74, 6) is -5.81. The highest BCUT2D eigenvalue weighted by Crippen LogP contribution is 2.46. The number of methoxy groups -OCH3 is 1. The van der Waals surface area contributed by atoms with E-state index in [1.165, 1.54) is 7.11 Å². The summed E-state index contributed by atoms with van der Waals surface area (Å²) >= 11 is 0. The van der Waals surface area contributed by atoms with E-state index >= 15 is 8.78 Å². The number of esters is 1. The number of unbranched alkanes of at least 4 members (excludes halogenated alkanes) is 4. The number of aliphatic hydroxyl groups is 2. The molecule has 2 fully saturated rings. The predicted molar refractivity (Wildman–Crippen MR) is 121 cm³/mol. The van der Waals surface area contributed by atoms with Gasteiger partial charge in [-0.3, -0.25) is 4.79 Å². The highest BCUT2D eigenvalue weighted by Gasteiger charge is 2.58. The molecule has 1 heterocycles. The fraction of sp³-hybridized carbons (Fsp3) is 0.880. The minimum Gasteiger partial charge on any atom is -0.469 e. The zero-order valence-electron chi connectivity index (χ0n) is 20.1. The van der Waals surface area contributed by atoms with Crippen molar-refractivity contribution in [2.75, 3.05) is 20.3 Å². The Morgan fingerprint density at radius 2 is 1.79 bits per heavy atom. The number of halogens is 2. The molecule has 1 aliphatic carbocycles. The molecule has 0 aromatic rings. The molecule has 6 nitrogen and oxygen atoms in total. The summed E-state index contributed by atoms with van der Waals surface area (Å²) in [5, 5.41) is 21.0. The number of hydrogen-bond donors (Lipinski definition) is 2. The lowest BCUT2D eigenvalue weighted by atomic mass is 9.84. The number of allylic oxidation sites excluding steroid dienone is 2. The Morgan fingerprint density at radius 3 is 2.45 bits per heavy atom. The lowest BCUT2D eigenvalue weighted by Crippen LogP contribution is -2.49. The maximum absolute atomic E-state index is 15.2. The van der Waals surface area contributed by atoms with E-state index in [-0.39, 0.29) is 50.3 Å². The van der Waals surface area contributed by atoms with Gasteiger partial charge in [-0.1, -0.05) is 38.3 Å². The van der Waals surface area contributed by atoms with Crippen LogP contribution >= 0.6 is 0 Å². The molecule has 0 radical (unpaired) electrons. The highest BCUT2D eigenvalue weighted by atomic mass is 19.3. The summed E-state index contributed by atoms with van der Waals surface area (Å²) in [4.78, 5) is 11.2. The van der Waals surface area contributed by atoms with Crippen molar-refractivity contribution in [1.82, 2.24) is 0 Å². The molecule has 0 spiro atoms. The Labute approximate surface area is 196 Å².